The van der Waals surface area contributed by atoms with Crippen LogP contribution in [-0.4, -0.2) is 29.9 Å². The first-order chi connectivity index (χ1) is 53.5. The van der Waals surface area contributed by atoms with Gasteiger partial charge in [-0.2, -0.15) is 0 Å². The second-order valence-electron chi connectivity index (χ2n) is 27.2. The van der Waals surface area contributed by atoms with E-state index in [1.54, 1.807) is 22.7 Å². The van der Waals surface area contributed by atoms with Crippen molar-refractivity contribution in [3.63, 3.8) is 0 Å². The molecule has 0 amide bonds. The van der Waals surface area contributed by atoms with Crippen molar-refractivity contribution in [3.05, 3.63) is 376 Å². The largest absolute Gasteiger partial charge is 0.208 e. The van der Waals surface area contributed by atoms with Crippen molar-refractivity contribution in [1.29, 1.82) is 0 Å². The summed E-state index contributed by atoms with van der Waals surface area (Å²) in [6.07, 6.45) is 0. The molecule has 8 heteroatoms. The van der Waals surface area contributed by atoms with Crippen LogP contribution in [0.3, 0.4) is 0 Å². The van der Waals surface area contributed by atoms with Crippen molar-refractivity contribution in [2.75, 3.05) is 0 Å². The molecule has 21 aromatic rings. The van der Waals surface area contributed by atoms with E-state index < -0.39 is 0 Å². The van der Waals surface area contributed by atoms with E-state index in [1.807, 2.05) is 18.2 Å². The summed E-state index contributed by atoms with van der Waals surface area (Å²) >= 11 is 3.57. The van der Waals surface area contributed by atoms with Crippen LogP contribution in [0.2, 0.25) is 0 Å². The highest BCUT2D eigenvalue weighted by Gasteiger charge is 2.22. The second-order valence-corrected chi connectivity index (χ2v) is 29.3. The highest BCUT2D eigenvalue weighted by atomic mass is 32.1. The molecular formula is C100H62N6S2. The zero-order valence-corrected chi connectivity index (χ0v) is 59.9. The molecule has 0 bridgehead atoms. The highest BCUT2D eigenvalue weighted by molar-refractivity contribution is 7.26. The molecule has 0 aliphatic rings. The fraction of sp³-hybridized carbons (Fsp3) is 0. The predicted octanol–water partition coefficient (Wildman–Crippen LogP) is 27.4. The number of aromatic nitrogens is 6. The van der Waals surface area contributed by atoms with Gasteiger partial charge in [0.25, 0.3) is 0 Å². The molecule has 21 rings (SSSR count). The van der Waals surface area contributed by atoms with Crippen LogP contribution >= 0.6 is 22.7 Å². The molecule has 0 saturated carbocycles. The monoisotopic (exact) mass is 1410 g/mol. The van der Waals surface area contributed by atoms with Gasteiger partial charge in [0.2, 0.25) is 0 Å². The van der Waals surface area contributed by atoms with Gasteiger partial charge in [-0.05, 0) is 147 Å². The van der Waals surface area contributed by atoms with Gasteiger partial charge in [0.15, 0.2) is 34.9 Å². The number of nitrogens with zero attached hydrogens (tertiary/aromatic N) is 6. The van der Waals surface area contributed by atoms with Crippen LogP contribution in [0.15, 0.2) is 376 Å². The number of hydrogen-bond acceptors (Lipinski definition) is 8. The fourth-order valence-electron chi connectivity index (χ4n) is 15.3. The van der Waals surface area contributed by atoms with E-state index in [1.165, 1.54) is 112 Å². The average Bonchev–Trinajstić information content (AvgIpc) is 1.01. The third kappa shape index (κ3) is 11.9. The van der Waals surface area contributed by atoms with Gasteiger partial charge in [0, 0.05) is 73.7 Å². The summed E-state index contributed by atoms with van der Waals surface area (Å²) in [4.78, 5) is 31.1. The normalized spacial score (nSPS) is 11.5. The molecule has 0 atom stereocenters. The van der Waals surface area contributed by atoms with E-state index in [4.69, 9.17) is 29.9 Å². The molecule has 0 fully saturated rings. The lowest BCUT2D eigenvalue weighted by atomic mass is 9.85. The van der Waals surface area contributed by atoms with Crippen LogP contribution in [0.25, 0.3) is 207 Å². The summed E-state index contributed by atoms with van der Waals surface area (Å²) in [5.74, 6) is 3.92. The lowest BCUT2D eigenvalue weighted by Gasteiger charge is -2.18. The topological polar surface area (TPSA) is 77.3 Å². The van der Waals surface area contributed by atoms with E-state index in [0.717, 1.165) is 60.7 Å². The Kier molecular flexibility index (Phi) is 16.2. The fourth-order valence-corrected chi connectivity index (χ4v) is 17.8. The molecular weight excluding hydrogens is 1350 g/mol. The van der Waals surface area contributed by atoms with Gasteiger partial charge < -0.3 is 0 Å². The Hall–Kier alpha value is -13.8. The Labute approximate surface area is 631 Å². The van der Waals surface area contributed by atoms with E-state index >= 15 is 0 Å². The van der Waals surface area contributed by atoms with E-state index in [0.29, 0.717) is 34.9 Å². The summed E-state index contributed by atoms with van der Waals surface area (Å²) in [5.41, 5.74) is 17.7. The molecule has 0 aliphatic heterocycles. The second kappa shape index (κ2) is 27.4. The molecule has 0 spiro atoms. The van der Waals surface area contributed by atoms with Crippen LogP contribution in [0, 0.1) is 0 Å². The molecule has 0 radical (unpaired) electrons. The Morgan fingerprint density at radius 1 is 0.157 bits per heavy atom. The van der Waals surface area contributed by atoms with Crippen molar-refractivity contribution in [3.8, 4) is 124 Å². The third-order valence-electron chi connectivity index (χ3n) is 20.6. The number of hydrogen-bond donors (Lipinski definition) is 0. The Morgan fingerprint density at radius 3 is 0.843 bits per heavy atom. The van der Waals surface area contributed by atoms with E-state index in [2.05, 4.69) is 358 Å². The summed E-state index contributed by atoms with van der Waals surface area (Å²) in [5, 5.41) is 14.5. The smallest absolute Gasteiger partial charge is 0.165 e. The summed E-state index contributed by atoms with van der Waals surface area (Å²) in [6.45, 7) is 0. The van der Waals surface area contributed by atoms with Gasteiger partial charge in [0.1, 0.15) is 0 Å². The lowest BCUT2D eigenvalue weighted by Crippen LogP contribution is -2.00. The quantitative estimate of drug-likeness (QED) is 0.120. The maximum Gasteiger partial charge on any atom is 0.165 e. The van der Waals surface area contributed by atoms with Crippen molar-refractivity contribution in [2.45, 2.75) is 0 Å². The maximum absolute atomic E-state index is 5.28. The van der Waals surface area contributed by atoms with Gasteiger partial charge >= 0.3 is 0 Å². The first-order valence-electron chi connectivity index (χ1n) is 36.3. The molecule has 4 aromatic heterocycles. The molecule has 504 valence electrons. The van der Waals surface area contributed by atoms with Gasteiger partial charge in [-0.1, -0.05) is 328 Å². The summed E-state index contributed by atoms with van der Waals surface area (Å²) in [6, 6.07) is 133. The number of benzene rings is 17. The minimum atomic E-state index is 0.640. The van der Waals surface area contributed by atoms with E-state index in [9.17, 15) is 0 Å². The first kappa shape index (κ1) is 63.9. The molecule has 0 unspecified atom stereocenters. The molecule has 0 N–H and O–H groups in total. The summed E-state index contributed by atoms with van der Waals surface area (Å²) < 4.78 is 4.86. The van der Waals surface area contributed by atoms with Crippen LogP contribution in [0.5, 0.6) is 0 Å². The number of thiophene rings is 2. The van der Waals surface area contributed by atoms with Gasteiger partial charge in [-0.25, -0.2) is 29.9 Å². The molecule has 4 heterocycles. The van der Waals surface area contributed by atoms with Crippen molar-refractivity contribution >= 4 is 106 Å². The average molecular weight is 1410 g/mol. The lowest BCUT2D eigenvalue weighted by molar-refractivity contribution is 1.08. The van der Waals surface area contributed by atoms with E-state index in [-0.39, 0.29) is 0 Å². The predicted molar refractivity (Wildman–Crippen MR) is 455 cm³/mol. The SMILES string of the molecule is c1ccc(-c2ccc(-c3nc(-c4ccc5ccc(-c6c7ccccc7c(-c7ccccc7)c7ccccc67)cc5c4)nc(-c4cccc5c4sc4ccccc45)n3)cc2)cc1.c1ccc(-c2ccc(-c3nc(-c4ccc5ccc(-c6ccccc6)cc5c4)nc(-c4cccc5c4sc4ccccc45)n3)cc2)cc1. The van der Waals surface area contributed by atoms with Gasteiger partial charge in [-0.15, -0.1) is 22.7 Å². The third-order valence-corrected chi connectivity index (χ3v) is 23.1. The molecule has 17 aromatic carbocycles. The maximum atomic E-state index is 5.28. The standard InChI is InChI=1S/C57H35N3S.C43H27N3S/c1-3-14-36(15-4-1)37-26-30-40(31-27-37)55-58-56(60-57(59-55)50-24-13-23-49-44-18-11-12-25-51(44)61-54(49)50)42-33-29-38-28-32-41(34-43(38)35-42)53-47-21-9-7-19-45(47)52(39-16-5-2-6-17-39)46-20-8-10-22-48(46)53;1-3-10-28(11-4-1)30-18-22-32(23-19-30)41-44-42(34-25-21-31-20-24-33(26-35(31)27-34)29-12-5-2-6-13-29)46-43(45-41)38-16-9-15-37-36-14-7-8-17-39(36)47-40(37)38/h1-35H;1-27H. The van der Waals surface area contributed by atoms with Crippen LogP contribution < -0.4 is 0 Å². The van der Waals surface area contributed by atoms with Gasteiger partial charge in [0.05, 0.1) is 0 Å². The van der Waals surface area contributed by atoms with Crippen molar-refractivity contribution in [1.82, 2.24) is 29.9 Å². The Morgan fingerprint density at radius 2 is 0.426 bits per heavy atom. The van der Waals surface area contributed by atoms with Crippen molar-refractivity contribution in [2.24, 2.45) is 0 Å². The first-order valence-corrected chi connectivity index (χ1v) is 37.9. The number of fused-ring (bicyclic) bond motifs is 10. The van der Waals surface area contributed by atoms with Crippen LogP contribution in [0.1, 0.15) is 0 Å². The van der Waals surface area contributed by atoms with Crippen LogP contribution in [-0.2, 0) is 0 Å². The van der Waals surface area contributed by atoms with Crippen molar-refractivity contribution < 1.29 is 0 Å². The Bertz CT molecular complexity index is 6970. The van der Waals surface area contributed by atoms with Gasteiger partial charge in [-0.3, -0.25) is 0 Å². The zero-order chi connectivity index (χ0) is 71.4. The highest BCUT2D eigenvalue weighted by Crippen LogP contribution is 2.46. The zero-order valence-electron chi connectivity index (χ0n) is 58.3. The minimum absolute atomic E-state index is 0.640. The number of rotatable bonds is 11. The Balaban J connectivity index is 0.000000147. The minimum Gasteiger partial charge on any atom is -0.208 e. The molecule has 0 saturated heterocycles. The molecule has 6 nitrogen and oxygen atoms in total. The summed E-state index contributed by atoms with van der Waals surface area (Å²) in [7, 11) is 0. The molecule has 108 heavy (non-hydrogen) atoms. The molecule has 0 aliphatic carbocycles. The van der Waals surface area contributed by atoms with Crippen LogP contribution in [0.4, 0.5) is 0 Å².